The molecule has 0 aliphatic rings. The highest BCUT2D eigenvalue weighted by Gasteiger charge is 2.11. The van der Waals surface area contributed by atoms with Crippen molar-refractivity contribution in [3.63, 3.8) is 0 Å². The standard InChI is InChI=1S/C16H18N4S/c1-4-13-5-6-14(18-9-13)16-17-7-8-20(16)10-15-11(2)19-12(3)21-15/h5-9H,4,10H2,1-3H3. The fourth-order valence-corrected chi connectivity index (χ4v) is 3.25. The van der Waals surface area contributed by atoms with Crippen molar-refractivity contribution >= 4 is 11.3 Å². The fourth-order valence-electron chi connectivity index (χ4n) is 2.31. The quantitative estimate of drug-likeness (QED) is 0.738. The molecule has 3 heterocycles. The second kappa shape index (κ2) is 5.77. The minimum atomic E-state index is 0.796. The number of thiazole rings is 1. The summed E-state index contributed by atoms with van der Waals surface area (Å²) in [5, 5.41) is 1.11. The van der Waals surface area contributed by atoms with Gasteiger partial charge in [0.1, 0.15) is 5.69 Å². The Morgan fingerprint density at radius 3 is 2.67 bits per heavy atom. The van der Waals surface area contributed by atoms with Crippen molar-refractivity contribution in [2.45, 2.75) is 33.7 Å². The van der Waals surface area contributed by atoms with Crippen LogP contribution in [0, 0.1) is 13.8 Å². The molecule has 0 saturated carbocycles. The molecule has 0 saturated heterocycles. The Kier molecular flexibility index (Phi) is 3.84. The first-order chi connectivity index (χ1) is 10.2. The summed E-state index contributed by atoms with van der Waals surface area (Å²) in [4.78, 5) is 14.7. The number of pyridine rings is 1. The third kappa shape index (κ3) is 2.88. The molecule has 3 aromatic heterocycles. The number of aromatic nitrogens is 4. The second-order valence-electron chi connectivity index (χ2n) is 5.03. The third-order valence-corrected chi connectivity index (χ3v) is 4.55. The minimum Gasteiger partial charge on any atom is -0.324 e. The van der Waals surface area contributed by atoms with Gasteiger partial charge in [0.15, 0.2) is 5.82 Å². The zero-order chi connectivity index (χ0) is 14.8. The first-order valence-corrected chi connectivity index (χ1v) is 7.88. The van der Waals surface area contributed by atoms with Gasteiger partial charge in [0, 0.05) is 23.5 Å². The Labute approximate surface area is 128 Å². The van der Waals surface area contributed by atoms with Gasteiger partial charge >= 0.3 is 0 Å². The largest absolute Gasteiger partial charge is 0.324 e. The molecule has 4 nitrogen and oxygen atoms in total. The summed E-state index contributed by atoms with van der Waals surface area (Å²) in [7, 11) is 0. The molecule has 0 radical (unpaired) electrons. The van der Waals surface area contributed by atoms with Gasteiger partial charge < -0.3 is 4.57 Å². The summed E-state index contributed by atoms with van der Waals surface area (Å²) in [6.45, 7) is 7.03. The van der Waals surface area contributed by atoms with Crippen LogP contribution in [0.1, 0.15) is 28.1 Å². The van der Waals surface area contributed by atoms with Crippen LogP contribution < -0.4 is 0 Å². The van der Waals surface area contributed by atoms with Crippen LogP contribution in [0.2, 0.25) is 0 Å². The Morgan fingerprint density at radius 1 is 1.19 bits per heavy atom. The zero-order valence-corrected chi connectivity index (χ0v) is 13.3. The van der Waals surface area contributed by atoms with Gasteiger partial charge in [-0.3, -0.25) is 4.98 Å². The maximum atomic E-state index is 4.53. The number of aryl methyl sites for hydroxylation is 3. The summed E-state index contributed by atoms with van der Waals surface area (Å²) < 4.78 is 2.13. The van der Waals surface area contributed by atoms with Gasteiger partial charge in [-0.25, -0.2) is 9.97 Å². The molecule has 0 bridgehead atoms. The highest BCUT2D eigenvalue weighted by molar-refractivity contribution is 7.11. The molecule has 0 unspecified atom stereocenters. The normalized spacial score (nSPS) is 11.0. The molecule has 0 amide bonds. The predicted octanol–water partition coefficient (Wildman–Crippen LogP) is 3.63. The van der Waals surface area contributed by atoms with Crippen LogP contribution in [0.25, 0.3) is 11.5 Å². The fraction of sp³-hybridized carbons (Fsp3) is 0.312. The summed E-state index contributed by atoms with van der Waals surface area (Å²) >= 11 is 1.74. The van der Waals surface area contributed by atoms with Crippen LogP contribution in [-0.2, 0) is 13.0 Å². The first kappa shape index (κ1) is 13.9. The van der Waals surface area contributed by atoms with Gasteiger partial charge in [-0.2, -0.15) is 0 Å². The smallest absolute Gasteiger partial charge is 0.158 e. The Hall–Kier alpha value is -2.01. The lowest BCUT2D eigenvalue weighted by Gasteiger charge is -2.07. The average molecular weight is 298 g/mol. The van der Waals surface area contributed by atoms with Crippen LogP contribution in [0.15, 0.2) is 30.7 Å². The Balaban J connectivity index is 1.91. The number of imidazole rings is 1. The number of hydrogen-bond acceptors (Lipinski definition) is 4. The molecule has 0 atom stereocenters. The second-order valence-corrected chi connectivity index (χ2v) is 6.31. The molecule has 3 aromatic rings. The molecule has 108 valence electrons. The van der Waals surface area contributed by atoms with Gasteiger partial charge in [0.25, 0.3) is 0 Å². The van der Waals surface area contributed by atoms with Gasteiger partial charge in [-0.05, 0) is 31.9 Å². The third-order valence-electron chi connectivity index (χ3n) is 3.49. The van der Waals surface area contributed by atoms with Crippen molar-refractivity contribution in [1.82, 2.24) is 19.5 Å². The number of hydrogen-bond donors (Lipinski definition) is 0. The zero-order valence-electron chi connectivity index (χ0n) is 12.5. The van der Waals surface area contributed by atoms with Crippen LogP contribution in [0.4, 0.5) is 0 Å². The van der Waals surface area contributed by atoms with Crippen LogP contribution in [-0.4, -0.2) is 19.5 Å². The van der Waals surface area contributed by atoms with Crippen molar-refractivity contribution in [3.8, 4) is 11.5 Å². The lowest BCUT2D eigenvalue weighted by atomic mass is 10.2. The van der Waals surface area contributed by atoms with E-state index in [0.717, 1.165) is 35.2 Å². The molecule has 0 fully saturated rings. The molecule has 0 N–H and O–H groups in total. The van der Waals surface area contributed by atoms with E-state index in [1.54, 1.807) is 11.3 Å². The molecule has 3 rings (SSSR count). The van der Waals surface area contributed by atoms with Gasteiger partial charge in [0.05, 0.1) is 17.2 Å². The van der Waals surface area contributed by atoms with Crippen molar-refractivity contribution in [1.29, 1.82) is 0 Å². The highest BCUT2D eigenvalue weighted by atomic mass is 32.1. The van der Waals surface area contributed by atoms with Crippen molar-refractivity contribution < 1.29 is 0 Å². The minimum absolute atomic E-state index is 0.796. The summed E-state index contributed by atoms with van der Waals surface area (Å²) in [5.41, 5.74) is 3.26. The summed E-state index contributed by atoms with van der Waals surface area (Å²) in [6, 6.07) is 4.16. The monoisotopic (exact) mass is 298 g/mol. The number of rotatable bonds is 4. The lowest BCUT2D eigenvalue weighted by Crippen LogP contribution is -2.02. The molecule has 21 heavy (non-hydrogen) atoms. The van der Waals surface area contributed by atoms with Gasteiger partial charge in [-0.1, -0.05) is 13.0 Å². The van der Waals surface area contributed by atoms with Crippen molar-refractivity contribution in [3.05, 3.63) is 51.9 Å². The molecule has 0 aromatic carbocycles. The summed E-state index contributed by atoms with van der Waals surface area (Å²) in [6.07, 6.45) is 6.75. The van der Waals surface area contributed by atoms with E-state index in [1.807, 2.05) is 31.6 Å². The van der Waals surface area contributed by atoms with E-state index < -0.39 is 0 Å². The molecule has 0 aliphatic heterocycles. The Bertz CT molecular complexity index is 740. The van der Waals surface area contributed by atoms with E-state index in [0.29, 0.717) is 0 Å². The Morgan fingerprint density at radius 2 is 2.05 bits per heavy atom. The molecule has 0 aliphatic carbocycles. The van der Waals surface area contributed by atoms with Crippen molar-refractivity contribution in [2.75, 3.05) is 0 Å². The maximum absolute atomic E-state index is 4.53. The molecule has 0 spiro atoms. The van der Waals surface area contributed by atoms with Crippen molar-refractivity contribution in [2.24, 2.45) is 0 Å². The SMILES string of the molecule is CCc1ccc(-c2nccn2Cc2sc(C)nc2C)nc1. The topological polar surface area (TPSA) is 43.6 Å². The van der Waals surface area contributed by atoms with E-state index in [1.165, 1.54) is 10.4 Å². The van der Waals surface area contributed by atoms with Crippen LogP contribution in [0.3, 0.4) is 0 Å². The average Bonchev–Trinajstić information content (AvgIpc) is 3.06. The molecule has 5 heteroatoms. The van der Waals surface area contributed by atoms with E-state index in [9.17, 15) is 0 Å². The lowest BCUT2D eigenvalue weighted by molar-refractivity contribution is 0.808. The van der Waals surface area contributed by atoms with Crippen LogP contribution >= 0.6 is 11.3 Å². The van der Waals surface area contributed by atoms with E-state index in [-0.39, 0.29) is 0 Å². The van der Waals surface area contributed by atoms with E-state index in [4.69, 9.17) is 0 Å². The molecular formula is C16H18N4S. The van der Waals surface area contributed by atoms with E-state index in [2.05, 4.69) is 39.4 Å². The van der Waals surface area contributed by atoms with Gasteiger partial charge in [-0.15, -0.1) is 11.3 Å². The molecular weight excluding hydrogens is 280 g/mol. The highest BCUT2D eigenvalue weighted by Crippen LogP contribution is 2.22. The van der Waals surface area contributed by atoms with E-state index >= 15 is 0 Å². The first-order valence-electron chi connectivity index (χ1n) is 7.06. The van der Waals surface area contributed by atoms with Gasteiger partial charge in [0.2, 0.25) is 0 Å². The predicted molar refractivity (Wildman–Crippen MR) is 85.5 cm³/mol. The van der Waals surface area contributed by atoms with Crippen LogP contribution in [0.5, 0.6) is 0 Å². The maximum Gasteiger partial charge on any atom is 0.158 e. The number of nitrogens with zero attached hydrogens (tertiary/aromatic N) is 4. The summed E-state index contributed by atoms with van der Waals surface area (Å²) in [5.74, 6) is 0.906.